The van der Waals surface area contributed by atoms with Crippen LogP contribution in [0, 0.1) is 5.92 Å². The molecule has 3 aromatic rings. The van der Waals surface area contributed by atoms with Gasteiger partial charge in [0.2, 0.25) is 0 Å². The molecule has 0 amide bonds. The van der Waals surface area contributed by atoms with Gasteiger partial charge in [0.05, 0.1) is 25.2 Å². The average molecular weight is 342 g/mol. The summed E-state index contributed by atoms with van der Waals surface area (Å²) in [5.74, 6) is 0.348. The Hall–Kier alpha value is -2.67. The Kier molecular flexibility index (Phi) is 4.85. The molecule has 0 N–H and O–H groups in total. The molecule has 0 radical (unpaired) electrons. The van der Waals surface area contributed by atoms with E-state index in [1.165, 1.54) is 9.13 Å². The minimum Gasteiger partial charge on any atom is -0.383 e. The molecule has 2 heterocycles. The average Bonchev–Trinajstić information content (AvgIpc) is 2.98. The maximum Gasteiger partial charge on any atom is 0.337 e. The number of fused-ring (bicyclic) bond motifs is 1. The molecule has 0 saturated heterocycles. The van der Waals surface area contributed by atoms with Gasteiger partial charge in [0.15, 0.2) is 11.2 Å². The van der Waals surface area contributed by atoms with Crippen LogP contribution < -0.4 is 11.2 Å². The molecule has 7 nitrogen and oxygen atoms in total. The molecule has 0 aliphatic rings. The van der Waals surface area contributed by atoms with Crippen molar-refractivity contribution in [1.82, 2.24) is 18.7 Å². The predicted octanol–water partition coefficient (Wildman–Crippen LogP) is 1.65. The van der Waals surface area contributed by atoms with Crippen LogP contribution in [-0.4, -0.2) is 32.4 Å². The highest BCUT2D eigenvalue weighted by atomic mass is 16.5. The van der Waals surface area contributed by atoms with E-state index in [4.69, 9.17) is 4.74 Å². The van der Waals surface area contributed by atoms with Crippen LogP contribution in [0.5, 0.6) is 0 Å². The third-order valence-corrected chi connectivity index (χ3v) is 4.00. The zero-order valence-corrected chi connectivity index (χ0v) is 14.7. The minimum absolute atomic E-state index is 0.198. The van der Waals surface area contributed by atoms with E-state index in [9.17, 15) is 9.59 Å². The van der Waals surface area contributed by atoms with Crippen molar-refractivity contribution in [3.05, 3.63) is 57.5 Å². The molecule has 7 heteroatoms. The summed E-state index contributed by atoms with van der Waals surface area (Å²) in [4.78, 5) is 30.3. The summed E-state index contributed by atoms with van der Waals surface area (Å²) in [5, 5.41) is 0. The van der Waals surface area contributed by atoms with Gasteiger partial charge >= 0.3 is 5.69 Å². The summed E-state index contributed by atoms with van der Waals surface area (Å²) in [6, 6.07) is 9.23. The van der Waals surface area contributed by atoms with Gasteiger partial charge in [-0.1, -0.05) is 32.0 Å². The first-order valence-electron chi connectivity index (χ1n) is 8.29. The fraction of sp³-hybridized carbons (Fsp3) is 0.389. The van der Waals surface area contributed by atoms with E-state index in [2.05, 4.69) is 18.8 Å². The van der Waals surface area contributed by atoms with E-state index < -0.39 is 5.69 Å². The van der Waals surface area contributed by atoms with Gasteiger partial charge in [0.1, 0.15) is 0 Å². The Morgan fingerprint density at radius 3 is 2.52 bits per heavy atom. The Bertz CT molecular complexity index is 983. The van der Waals surface area contributed by atoms with Crippen molar-refractivity contribution in [3.8, 4) is 5.69 Å². The second kappa shape index (κ2) is 7.06. The summed E-state index contributed by atoms with van der Waals surface area (Å²) in [7, 11) is 1.54. The third kappa shape index (κ3) is 3.15. The molecule has 0 atom stereocenters. The number of hydrogen-bond acceptors (Lipinski definition) is 4. The number of aromatic nitrogens is 4. The second-order valence-corrected chi connectivity index (χ2v) is 6.37. The van der Waals surface area contributed by atoms with E-state index in [1.54, 1.807) is 13.4 Å². The van der Waals surface area contributed by atoms with Crippen molar-refractivity contribution >= 4 is 11.2 Å². The molecule has 25 heavy (non-hydrogen) atoms. The topological polar surface area (TPSA) is 71.1 Å². The first-order valence-corrected chi connectivity index (χ1v) is 8.29. The van der Waals surface area contributed by atoms with Crippen molar-refractivity contribution in [3.63, 3.8) is 0 Å². The smallest absolute Gasteiger partial charge is 0.337 e. The van der Waals surface area contributed by atoms with Gasteiger partial charge in [-0.15, -0.1) is 0 Å². The quantitative estimate of drug-likeness (QED) is 0.683. The number of methoxy groups -OCH3 is 1. The molecule has 132 valence electrons. The SMILES string of the molecule is COCCn1c(=O)c2c(ncn2CC(C)C)n(-c2ccccc2)c1=O. The molecule has 0 saturated carbocycles. The lowest BCUT2D eigenvalue weighted by molar-refractivity contribution is 0.184. The lowest BCUT2D eigenvalue weighted by Crippen LogP contribution is -2.41. The zero-order chi connectivity index (χ0) is 18.0. The Labute approximate surface area is 145 Å². The maximum atomic E-state index is 13.0. The summed E-state index contributed by atoms with van der Waals surface area (Å²) < 4.78 is 9.59. The highest BCUT2D eigenvalue weighted by Gasteiger charge is 2.19. The van der Waals surface area contributed by atoms with E-state index >= 15 is 0 Å². The fourth-order valence-corrected chi connectivity index (χ4v) is 2.90. The van der Waals surface area contributed by atoms with Crippen LogP contribution in [0.1, 0.15) is 13.8 Å². The molecule has 3 rings (SSSR count). The molecule has 1 aromatic carbocycles. The Morgan fingerprint density at radius 2 is 1.88 bits per heavy atom. The second-order valence-electron chi connectivity index (χ2n) is 6.37. The normalized spacial score (nSPS) is 11.5. The van der Waals surface area contributed by atoms with Gasteiger partial charge in [-0.25, -0.2) is 14.3 Å². The summed E-state index contributed by atoms with van der Waals surface area (Å²) in [5.41, 5.74) is 0.764. The van der Waals surface area contributed by atoms with Crippen LogP contribution in [0.2, 0.25) is 0 Å². The largest absolute Gasteiger partial charge is 0.383 e. The molecular weight excluding hydrogens is 320 g/mol. The number of imidazole rings is 1. The number of para-hydroxylation sites is 1. The third-order valence-electron chi connectivity index (χ3n) is 4.00. The van der Waals surface area contributed by atoms with Crippen molar-refractivity contribution < 1.29 is 4.74 Å². The van der Waals surface area contributed by atoms with Crippen molar-refractivity contribution in [2.24, 2.45) is 5.92 Å². The molecule has 0 bridgehead atoms. The molecule has 0 fully saturated rings. The number of rotatable bonds is 6. The fourth-order valence-electron chi connectivity index (χ4n) is 2.90. The summed E-state index contributed by atoms with van der Waals surface area (Å²) in [6.07, 6.45) is 1.63. The van der Waals surface area contributed by atoms with Crippen LogP contribution in [0.4, 0.5) is 0 Å². The van der Waals surface area contributed by atoms with E-state index in [-0.39, 0.29) is 18.7 Å². The highest BCUT2D eigenvalue weighted by molar-refractivity contribution is 5.72. The zero-order valence-electron chi connectivity index (χ0n) is 14.7. The van der Waals surface area contributed by atoms with Crippen molar-refractivity contribution in [2.45, 2.75) is 26.9 Å². The molecule has 0 aliphatic carbocycles. The molecule has 0 aliphatic heterocycles. The number of ether oxygens (including phenoxy) is 1. The molecule has 0 unspecified atom stereocenters. The first-order chi connectivity index (χ1) is 12.0. The van der Waals surface area contributed by atoms with Crippen molar-refractivity contribution in [2.75, 3.05) is 13.7 Å². The van der Waals surface area contributed by atoms with Gasteiger partial charge in [-0.3, -0.25) is 9.36 Å². The van der Waals surface area contributed by atoms with E-state index in [0.29, 0.717) is 29.3 Å². The number of hydrogen-bond donors (Lipinski definition) is 0. The number of benzene rings is 1. The molecular formula is C18H22N4O3. The van der Waals surface area contributed by atoms with Gasteiger partial charge in [-0.2, -0.15) is 0 Å². The lowest BCUT2D eigenvalue weighted by atomic mass is 10.2. The summed E-state index contributed by atoms with van der Waals surface area (Å²) in [6.45, 7) is 5.28. The van der Waals surface area contributed by atoms with Crippen LogP contribution in [0.15, 0.2) is 46.2 Å². The standard InChI is InChI=1S/C18H22N4O3/c1-13(2)11-20-12-19-16-15(20)17(23)21(9-10-25-3)18(24)22(16)14-7-5-4-6-8-14/h4-8,12-13H,9-11H2,1-3H3. The maximum absolute atomic E-state index is 13.0. The first kappa shape index (κ1) is 17.2. The molecule has 2 aromatic heterocycles. The van der Waals surface area contributed by atoms with Crippen LogP contribution in [0.3, 0.4) is 0 Å². The molecule has 0 spiro atoms. The minimum atomic E-state index is -0.407. The number of nitrogens with zero attached hydrogens (tertiary/aromatic N) is 4. The predicted molar refractivity (Wildman–Crippen MR) is 96.3 cm³/mol. The van der Waals surface area contributed by atoms with Crippen LogP contribution >= 0.6 is 0 Å². The van der Waals surface area contributed by atoms with Crippen molar-refractivity contribution in [1.29, 1.82) is 0 Å². The van der Waals surface area contributed by atoms with Gasteiger partial charge in [0.25, 0.3) is 5.56 Å². The Morgan fingerprint density at radius 1 is 1.16 bits per heavy atom. The highest BCUT2D eigenvalue weighted by Crippen LogP contribution is 2.14. The van der Waals surface area contributed by atoms with Gasteiger partial charge in [-0.05, 0) is 18.1 Å². The Balaban J connectivity index is 2.36. The monoisotopic (exact) mass is 342 g/mol. The van der Waals surface area contributed by atoms with Gasteiger partial charge < -0.3 is 9.30 Å². The van der Waals surface area contributed by atoms with Gasteiger partial charge in [0, 0.05) is 13.7 Å². The van der Waals surface area contributed by atoms with E-state index in [0.717, 1.165) is 0 Å². The lowest BCUT2D eigenvalue weighted by Gasteiger charge is -2.13. The van der Waals surface area contributed by atoms with Crippen LogP contribution in [0.25, 0.3) is 16.9 Å². The van der Waals surface area contributed by atoms with Crippen LogP contribution in [-0.2, 0) is 17.8 Å². The van der Waals surface area contributed by atoms with E-state index in [1.807, 2.05) is 34.9 Å². The summed E-state index contributed by atoms with van der Waals surface area (Å²) >= 11 is 0.